The Morgan fingerprint density at radius 2 is 1.87 bits per heavy atom. The van der Waals surface area contributed by atoms with Gasteiger partial charge < -0.3 is 14.6 Å². The van der Waals surface area contributed by atoms with E-state index in [4.69, 9.17) is 14.6 Å². The molecule has 0 radical (unpaired) electrons. The minimum Gasteiger partial charge on any atom is -0.493 e. The molecule has 31 heavy (non-hydrogen) atoms. The number of carboxylic acids is 1. The molecule has 2 aromatic rings. The van der Waals surface area contributed by atoms with Crippen LogP contribution in [0.1, 0.15) is 11.1 Å². The van der Waals surface area contributed by atoms with Crippen LogP contribution in [-0.4, -0.2) is 35.9 Å². The smallest absolute Gasteiger partial charge is 0.418 e. The van der Waals surface area contributed by atoms with E-state index >= 15 is 0 Å². The molecule has 1 fully saturated rings. The Hall–Kier alpha value is -3.47. The van der Waals surface area contributed by atoms with Gasteiger partial charge >= 0.3 is 12.1 Å². The number of imide groups is 1. The van der Waals surface area contributed by atoms with Crippen LogP contribution >= 0.6 is 11.8 Å². The summed E-state index contributed by atoms with van der Waals surface area (Å²) in [6.45, 7) is -0.590. The predicted octanol–water partition coefficient (Wildman–Crippen LogP) is 4.42. The van der Waals surface area contributed by atoms with Crippen molar-refractivity contribution in [2.45, 2.75) is 6.18 Å². The fraction of sp³-hybridized carbons (Fsp3) is 0.150. The first-order chi connectivity index (χ1) is 14.6. The molecule has 7 nitrogen and oxygen atoms in total. The third-order valence-corrected chi connectivity index (χ3v) is 4.95. The van der Waals surface area contributed by atoms with Crippen LogP contribution in [0.2, 0.25) is 0 Å². The van der Waals surface area contributed by atoms with Crippen molar-refractivity contribution in [2.75, 3.05) is 18.6 Å². The molecule has 0 unspecified atom stereocenters. The maximum Gasteiger partial charge on any atom is 0.418 e. The van der Waals surface area contributed by atoms with Crippen LogP contribution in [0.3, 0.4) is 0 Å². The number of carboxylic acid groups (broad SMARTS) is 1. The predicted molar refractivity (Wildman–Crippen MR) is 106 cm³/mol. The van der Waals surface area contributed by atoms with E-state index in [1.807, 2.05) is 0 Å². The number of rotatable bonds is 6. The molecule has 1 heterocycles. The SMILES string of the molecule is COc1cc(/C=C2/SC(=O)N(c3ccccc3C(F)(F)F)C2=O)ccc1OCC(=O)O. The number of alkyl halides is 3. The highest BCUT2D eigenvalue weighted by molar-refractivity contribution is 8.19. The topological polar surface area (TPSA) is 93.1 Å². The molecule has 2 aromatic carbocycles. The first-order valence-electron chi connectivity index (χ1n) is 8.58. The number of para-hydroxylation sites is 1. The lowest BCUT2D eigenvalue weighted by Gasteiger charge is -2.18. The molecule has 0 aromatic heterocycles. The minimum absolute atomic E-state index is 0.0803. The Kier molecular flexibility index (Phi) is 6.25. The Morgan fingerprint density at radius 3 is 2.52 bits per heavy atom. The fourth-order valence-corrected chi connectivity index (χ4v) is 3.60. The average Bonchev–Trinajstić information content (AvgIpc) is 2.99. The Balaban J connectivity index is 1.92. The second-order valence-corrected chi connectivity index (χ2v) is 7.12. The minimum atomic E-state index is -4.74. The lowest BCUT2D eigenvalue weighted by atomic mass is 10.1. The molecule has 0 aliphatic carbocycles. The van der Waals surface area contributed by atoms with E-state index in [1.54, 1.807) is 0 Å². The van der Waals surface area contributed by atoms with Crippen LogP contribution in [0.5, 0.6) is 11.5 Å². The molecule has 162 valence electrons. The molecule has 2 amide bonds. The van der Waals surface area contributed by atoms with Gasteiger partial charge in [0.2, 0.25) is 0 Å². The van der Waals surface area contributed by atoms with Crippen LogP contribution in [0.15, 0.2) is 47.4 Å². The van der Waals surface area contributed by atoms with Crippen molar-refractivity contribution in [2.24, 2.45) is 0 Å². The van der Waals surface area contributed by atoms with Crippen molar-refractivity contribution >= 4 is 40.6 Å². The van der Waals surface area contributed by atoms with Crippen molar-refractivity contribution in [3.8, 4) is 11.5 Å². The Bertz CT molecular complexity index is 1080. The number of methoxy groups -OCH3 is 1. The highest BCUT2D eigenvalue weighted by atomic mass is 32.2. The molecule has 1 aliphatic rings. The maximum absolute atomic E-state index is 13.3. The monoisotopic (exact) mass is 453 g/mol. The summed E-state index contributed by atoms with van der Waals surface area (Å²) < 4.78 is 50.1. The van der Waals surface area contributed by atoms with Crippen LogP contribution < -0.4 is 14.4 Å². The van der Waals surface area contributed by atoms with Gasteiger partial charge in [0.1, 0.15) is 0 Å². The fourth-order valence-electron chi connectivity index (χ4n) is 2.77. The second kappa shape index (κ2) is 8.72. The van der Waals surface area contributed by atoms with E-state index in [0.29, 0.717) is 22.2 Å². The molecule has 1 aliphatic heterocycles. The Labute approximate surface area is 178 Å². The first kappa shape index (κ1) is 22.2. The van der Waals surface area contributed by atoms with Crippen LogP contribution in [0, 0.1) is 0 Å². The number of halogens is 3. The van der Waals surface area contributed by atoms with Crippen LogP contribution in [0.25, 0.3) is 6.08 Å². The van der Waals surface area contributed by atoms with Crippen molar-refractivity contribution in [3.05, 3.63) is 58.5 Å². The normalized spacial score (nSPS) is 15.5. The van der Waals surface area contributed by atoms with Gasteiger partial charge in [-0.2, -0.15) is 13.2 Å². The van der Waals surface area contributed by atoms with Gasteiger partial charge in [-0.15, -0.1) is 0 Å². The van der Waals surface area contributed by atoms with Gasteiger partial charge in [0, 0.05) is 0 Å². The van der Waals surface area contributed by atoms with E-state index in [1.165, 1.54) is 43.5 Å². The number of thioether (sulfide) groups is 1. The van der Waals surface area contributed by atoms with E-state index in [0.717, 1.165) is 12.1 Å². The lowest BCUT2D eigenvalue weighted by molar-refractivity contribution is -0.139. The Morgan fingerprint density at radius 1 is 1.16 bits per heavy atom. The number of benzene rings is 2. The summed E-state index contributed by atoms with van der Waals surface area (Å²) in [4.78, 5) is 36.1. The first-order valence-corrected chi connectivity index (χ1v) is 9.40. The van der Waals surface area contributed by atoms with E-state index in [2.05, 4.69) is 0 Å². The van der Waals surface area contributed by atoms with E-state index < -0.39 is 41.1 Å². The summed E-state index contributed by atoms with van der Waals surface area (Å²) in [6, 6.07) is 8.66. The maximum atomic E-state index is 13.3. The number of aliphatic carboxylic acids is 1. The zero-order valence-corrected chi connectivity index (χ0v) is 16.6. The molecule has 0 spiro atoms. The quantitative estimate of drug-likeness (QED) is 0.648. The summed E-state index contributed by atoms with van der Waals surface area (Å²) >= 11 is 0.504. The van der Waals surface area contributed by atoms with Crippen LogP contribution in [-0.2, 0) is 15.8 Å². The third-order valence-electron chi connectivity index (χ3n) is 4.08. The van der Waals surface area contributed by atoms with Gasteiger partial charge in [-0.1, -0.05) is 18.2 Å². The molecule has 11 heteroatoms. The highest BCUT2D eigenvalue weighted by Gasteiger charge is 2.42. The van der Waals surface area contributed by atoms with Gasteiger partial charge in [0.05, 0.1) is 23.3 Å². The molecule has 0 saturated carbocycles. The standard InChI is InChI=1S/C20H14F3NO6S/c1-29-15-8-11(6-7-14(15)30-10-17(25)26)9-16-18(27)24(19(28)31-16)13-5-3-2-4-12(13)20(21,22)23/h2-9H,10H2,1H3,(H,25,26)/b16-9+. The number of hydrogen-bond donors (Lipinski definition) is 1. The van der Waals surface area contributed by atoms with Gasteiger partial charge in [0.15, 0.2) is 18.1 Å². The van der Waals surface area contributed by atoms with Crippen molar-refractivity contribution < 1.29 is 42.1 Å². The highest BCUT2D eigenvalue weighted by Crippen LogP contribution is 2.42. The van der Waals surface area contributed by atoms with E-state index in [-0.39, 0.29) is 16.4 Å². The molecule has 0 atom stereocenters. The van der Waals surface area contributed by atoms with Crippen LogP contribution in [0.4, 0.5) is 23.7 Å². The second-order valence-electron chi connectivity index (χ2n) is 6.12. The summed E-state index contributed by atoms with van der Waals surface area (Å²) in [5, 5.41) is 7.84. The summed E-state index contributed by atoms with van der Waals surface area (Å²) in [5.74, 6) is -1.75. The van der Waals surface area contributed by atoms with Crippen molar-refractivity contribution in [3.63, 3.8) is 0 Å². The van der Waals surface area contributed by atoms with E-state index in [9.17, 15) is 27.6 Å². The molecule has 3 rings (SSSR count). The molecular formula is C20H14F3NO6S. The molecule has 1 saturated heterocycles. The number of hydrogen-bond acceptors (Lipinski definition) is 6. The lowest BCUT2D eigenvalue weighted by Crippen LogP contribution is -2.30. The summed E-state index contributed by atoms with van der Waals surface area (Å²) in [7, 11) is 1.33. The molecule has 0 bridgehead atoms. The average molecular weight is 453 g/mol. The summed E-state index contributed by atoms with van der Waals surface area (Å²) in [6.07, 6.45) is -3.42. The zero-order chi connectivity index (χ0) is 22.8. The van der Waals surface area contributed by atoms with Gasteiger partial charge in [-0.05, 0) is 47.7 Å². The van der Waals surface area contributed by atoms with Crippen molar-refractivity contribution in [1.29, 1.82) is 0 Å². The zero-order valence-electron chi connectivity index (χ0n) is 15.8. The number of amides is 2. The number of ether oxygens (including phenoxy) is 2. The molecular weight excluding hydrogens is 439 g/mol. The number of carbonyl (C=O) groups excluding carboxylic acids is 2. The van der Waals surface area contributed by atoms with Crippen molar-refractivity contribution in [1.82, 2.24) is 0 Å². The number of anilines is 1. The van der Waals surface area contributed by atoms with Gasteiger partial charge in [-0.25, -0.2) is 9.69 Å². The third kappa shape index (κ3) is 4.82. The number of nitrogens with zero attached hydrogens (tertiary/aromatic N) is 1. The van der Waals surface area contributed by atoms with Gasteiger partial charge in [0.25, 0.3) is 11.1 Å². The summed E-state index contributed by atoms with van der Waals surface area (Å²) in [5.41, 5.74) is -1.25. The van der Waals surface area contributed by atoms with Gasteiger partial charge in [-0.3, -0.25) is 9.59 Å². The largest absolute Gasteiger partial charge is 0.493 e. The number of carbonyl (C=O) groups is 3. The molecule has 1 N–H and O–H groups in total.